The van der Waals surface area contributed by atoms with Gasteiger partial charge in [-0.25, -0.2) is 0 Å². The molecule has 0 heterocycles. The summed E-state index contributed by atoms with van der Waals surface area (Å²) in [5.41, 5.74) is 2.28. The van der Waals surface area contributed by atoms with Crippen LogP contribution in [0.2, 0.25) is 0 Å². The smallest absolute Gasteiger partial charge is 0.150 e. The molecule has 0 N–H and O–H groups in total. The van der Waals surface area contributed by atoms with Crippen molar-refractivity contribution in [1.29, 1.82) is 0 Å². The molecule has 0 spiro atoms. The maximum Gasteiger partial charge on any atom is 1.00 e. The Morgan fingerprint density at radius 1 is 0.733 bits per heavy atom. The molecule has 0 atom stereocenters. The molecule has 0 unspecified atom stereocenters. The van der Waals surface area contributed by atoms with E-state index >= 15 is 0 Å². The van der Waals surface area contributed by atoms with Crippen molar-refractivity contribution < 1.29 is 29.6 Å². The van der Waals surface area contributed by atoms with Crippen molar-refractivity contribution in [1.82, 2.24) is 0 Å². The summed E-state index contributed by atoms with van der Waals surface area (Å²) in [6.07, 6.45) is 5.23. The van der Waals surface area contributed by atoms with Crippen molar-refractivity contribution in [2.45, 2.75) is 0 Å². The van der Waals surface area contributed by atoms with E-state index in [1.165, 1.54) is 5.56 Å². The predicted octanol–water partition coefficient (Wildman–Crippen LogP) is 0.555. The molecule has 2 aromatic rings. The normalized spacial score (nSPS) is 9.87. The van der Waals surface area contributed by atoms with Crippen molar-refractivity contribution in [3.63, 3.8) is 0 Å². The van der Waals surface area contributed by atoms with Gasteiger partial charge in [-0.15, -0.1) is 42.0 Å². The zero-order valence-corrected chi connectivity index (χ0v) is 10.9. The summed E-state index contributed by atoms with van der Waals surface area (Å²) >= 11 is 0. The molecule has 15 heavy (non-hydrogen) atoms. The molecule has 68 valence electrons. The third-order valence-electron chi connectivity index (χ3n) is 1.98. The first-order valence-corrected chi connectivity index (χ1v) is 4.65. The molecular formula is C14H11Na. The van der Waals surface area contributed by atoms with Gasteiger partial charge in [0.25, 0.3) is 0 Å². The van der Waals surface area contributed by atoms with Crippen molar-refractivity contribution >= 4 is 6.08 Å². The molecule has 0 bridgehead atoms. The van der Waals surface area contributed by atoms with Crippen LogP contribution >= 0.6 is 0 Å². The van der Waals surface area contributed by atoms with Crippen LogP contribution in [0.1, 0.15) is 11.1 Å². The average Bonchev–Trinajstić information content (AvgIpc) is 2.29. The van der Waals surface area contributed by atoms with E-state index in [2.05, 4.69) is 18.2 Å². The zero-order valence-electron chi connectivity index (χ0n) is 8.85. The molecule has 0 radical (unpaired) electrons. The van der Waals surface area contributed by atoms with Crippen molar-refractivity contribution in [2.75, 3.05) is 0 Å². The van der Waals surface area contributed by atoms with E-state index in [1.54, 1.807) is 0 Å². The SMILES string of the molecule is [C-](=Cc1ccccc1)c1ccccc1.[Na+]. The van der Waals surface area contributed by atoms with Crippen LogP contribution in [0, 0.1) is 6.08 Å². The van der Waals surface area contributed by atoms with Crippen LogP contribution in [0.3, 0.4) is 0 Å². The Hall–Kier alpha value is -0.820. The van der Waals surface area contributed by atoms with Gasteiger partial charge in [-0.2, -0.15) is 0 Å². The standard InChI is InChI=1S/C14H11.Na/c1-3-7-13(8-4-1)11-12-14-9-5-2-6-10-14;/h1-11H;/q-1;+1. The Morgan fingerprint density at radius 2 is 1.27 bits per heavy atom. The first-order chi connectivity index (χ1) is 6.95. The number of rotatable bonds is 2. The molecule has 1 heteroatoms. The molecule has 0 amide bonds. The quantitative estimate of drug-likeness (QED) is 0.379. The maximum absolute atomic E-state index is 3.24. The Balaban J connectivity index is 0.00000112. The summed E-state index contributed by atoms with van der Waals surface area (Å²) in [6.45, 7) is 0. The van der Waals surface area contributed by atoms with Crippen molar-refractivity contribution in [3.8, 4) is 0 Å². The molecule has 2 aromatic carbocycles. The van der Waals surface area contributed by atoms with Crippen LogP contribution in [0.4, 0.5) is 0 Å². The summed E-state index contributed by atoms with van der Waals surface area (Å²) < 4.78 is 0. The second-order valence-electron chi connectivity index (χ2n) is 3.07. The van der Waals surface area contributed by atoms with Crippen molar-refractivity contribution in [3.05, 3.63) is 77.9 Å². The number of benzene rings is 2. The van der Waals surface area contributed by atoms with E-state index in [1.807, 2.05) is 54.6 Å². The predicted molar refractivity (Wildman–Crippen MR) is 59.7 cm³/mol. The Bertz CT molecular complexity index is 362. The molecule has 0 nitrogen and oxygen atoms in total. The Morgan fingerprint density at radius 3 is 1.87 bits per heavy atom. The molecule has 0 aliphatic carbocycles. The summed E-state index contributed by atoms with van der Waals surface area (Å²) in [7, 11) is 0. The van der Waals surface area contributed by atoms with Gasteiger partial charge in [-0.1, -0.05) is 42.0 Å². The van der Waals surface area contributed by atoms with Crippen LogP contribution in [0.15, 0.2) is 60.7 Å². The maximum atomic E-state index is 3.24. The van der Waals surface area contributed by atoms with Gasteiger partial charge in [0.2, 0.25) is 0 Å². The fraction of sp³-hybridized carbons (Fsp3) is 0. The molecule has 2 rings (SSSR count). The first kappa shape index (κ1) is 12.3. The second kappa shape index (κ2) is 6.62. The minimum absolute atomic E-state index is 0. The third kappa shape index (κ3) is 4.05. The molecule has 0 saturated heterocycles. The molecule has 0 saturated carbocycles. The zero-order chi connectivity index (χ0) is 9.64. The number of hydrogen-bond acceptors (Lipinski definition) is 0. The van der Waals surface area contributed by atoms with Gasteiger partial charge in [0.15, 0.2) is 0 Å². The molecule has 0 aliphatic rings. The average molecular weight is 202 g/mol. The van der Waals surface area contributed by atoms with Crippen LogP contribution in [0.25, 0.3) is 6.08 Å². The van der Waals surface area contributed by atoms with Crippen LogP contribution in [-0.2, 0) is 0 Å². The molecule has 0 aromatic heterocycles. The fourth-order valence-corrected chi connectivity index (χ4v) is 1.25. The van der Waals surface area contributed by atoms with Crippen LogP contribution in [0.5, 0.6) is 0 Å². The summed E-state index contributed by atoms with van der Waals surface area (Å²) in [4.78, 5) is 0. The minimum Gasteiger partial charge on any atom is -0.150 e. The Labute approximate surface area is 113 Å². The van der Waals surface area contributed by atoms with E-state index in [0.29, 0.717) is 0 Å². The third-order valence-corrected chi connectivity index (χ3v) is 1.98. The van der Waals surface area contributed by atoms with Crippen LogP contribution < -0.4 is 29.6 Å². The van der Waals surface area contributed by atoms with Gasteiger partial charge >= 0.3 is 29.6 Å². The van der Waals surface area contributed by atoms with Gasteiger partial charge in [0.1, 0.15) is 0 Å². The van der Waals surface area contributed by atoms with E-state index < -0.39 is 0 Å². The molecule has 0 fully saturated rings. The second-order valence-corrected chi connectivity index (χ2v) is 3.07. The van der Waals surface area contributed by atoms with E-state index in [9.17, 15) is 0 Å². The topological polar surface area (TPSA) is 0 Å². The van der Waals surface area contributed by atoms with Gasteiger partial charge in [-0.05, 0) is 0 Å². The Kier molecular flexibility index (Phi) is 5.41. The van der Waals surface area contributed by atoms with Crippen molar-refractivity contribution in [2.24, 2.45) is 0 Å². The molecule has 0 aliphatic heterocycles. The first-order valence-electron chi connectivity index (χ1n) is 4.65. The largest absolute Gasteiger partial charge is 1.00 e. The van der Waals surface area contributed by atoms with Gasteiger partial charge in [0.05, 0.1) is 0 Å². The summed E-state index contributed by atoms with van der Waals surface area (Å²) in [5, 5.41) is 0. The minimum atomic E-state index is 0. The van der Waals surface area contributed by atoms with E-state index in [4.69, 9.17) is 0 Å². The monoisotopic (exact) mass is 202 g/mol. The summed E-state index contributed by atoms with van der Waals surface area (Å²) in [5.74, 6) is 0. The summed E-state index contributed by atoms with van der Waals surface area (Å²) in [6, 6.07) is 20.3. The number of hydrogen-bond donors (Lipinski definition) is 0. The van der Waals surface area contributed by atoms with E-state index in [0.717, 1.165) is 5.56 Å². The van der Waals surface area contributed by atoms with Crippen LogP contribution in [-0.4, -0.2) is 0 Å². The molecular weight excluding hydrogens is 191 g/mol. The van der Waals surface area contributed by atoms with Gasteiger partial charge in [-0.3, -0.25) is 0 Å². The fourth-order valence-electron chi connectivity index (χ4n) is 1.25. The van der Waals surface area contributed by atoms with Gasteiger partial charge < -0.3 is 0 Å². The van der Waals surface area contributed by atoms with E-state index in [-0.39, 0.29) is 29.6 Å². The van der Waals surface area contributed by atoms with Gasteiger partial charge in [0, 0.05) is 0 Å².